The van der Waals surface area contributed by atoms with Gasteiger partial charge in [0.15, 0.2) is 5.69 Å². The Bertz CT molecular complexity index is 592. The Balaban J connectivity index is 2.46. The third-order valence-electron chi connectivity index (χ3n) is 3.01. The molecule has 6 heteroatoms. The highest BCUT2D eigenvalue weighted by molar-refractivity contribution is 5.92. The maximum absolute atomic E-state index is 11.6. The fourth-order valence-electron chi connectivity index (χ4n) is 2.05. The van der Waals surface area contributed by atoms with Crippen LogP contribution in [0.2, 0.25) is 0 Å². The molecule has 1 unspecified atom stereocenters. The van der Waals surface area contributed by atoms with Crippen molar-refractivity contribution in [2.24, 2.45) is 0 Å². The Morgan fingerprint density at radius 1 is 1.47 bits per heavy atom. The van der Waals surface area contributed by atoms with Crippen molar-refractivity contribution >= 4 is 11.8 Å². The second-order valence-corrected chi connectivity index (χ2v) is 4.19. The van der Waals surface area contributed by atoms with Crippen LogP contribution in [0.15, 0.2) is 24.4 Å². The molecule has 0 aliphatic rings. The van der Waals surface area contributed by atoms with Crippen LogP contribution in [0.1, 0.15) is 35.0 Å². The molecule has 6 nitrogen and oxygen atoms in total. The molecule has 2 N–H and O–H groups in total. The molecule has 0 amide bonds. The van der Waals surface area contributed by atoms with E-state index in [4.69, 9.17) is 5.73 Å². The smallest absolute Gasteiger partial charge is 0.360 e. The third-order valence-corrected chi connectivity index (χ3v) is 3.01. The summed E-state index contributed by atoms with van der Waals surface area (Å²) in [5.74, 6) is 0.408. The van der Waals surface area contributed by atoms with Crippen LogP contribution in [0.25, 0.3) is 0 Å². The average Bonchev–Trinajstić information content (AvgIpc) is 2.73. The summed E-state index contributed by atoms with van der Waals surface area (Å²) in [5, 5.41) is 0. The van der Waals surface area contributed by atoms with E-state index in [1.165, 1.54) is 7.11 Å². The number of aryl methyl sites for hydroxylation is 1. The van der Waals surface area contributed by atoms with Crippen molar-refractivity contribution in [3.8, 4) is 0 Å². The van der Waals surface area contributed by atoms with Crippen LogP contribution >= 0.6 is 0 Å². The van der Waals surface area contributed by atoms with Gasteiger partial charge in [-0.3, -0.25) is 4.98 Å². The van der Waals surface area contributed by atoms with Gasteiger partial charge in [-0.15, -0.1) is 0 Å². The number of anilines is 1. The molecule has 0 radical (unpaired) electrons. The van der Waals surface area contributed by atoms with Crippen LogP contribution in [0, 0.1) is 6.92 Å². The quantitative estimate of drug-likeness (QED) is 0.847. The second-order valence-electron chi connectivity index (χ2n) is 4.19. The first-order valence-corrected chi connectivity index (χ1v) is 5.89. The van der Waals surface area contributed by atoms with Crippen LogP contribution in [0.4, 0.5) is 5.82 Å². The predicted octanol–water partition coefficient (Wildman–Crippen LogP) is 1.56. The van der Waals surface area contributed by atoms with Gasteiger partial charge in [-0.25, -0.2) is 9.78 Å². The number of nitrogens with two attached hydrogens (primary N) is 1. The monoisotopic (exact) mass is 260 g/mol. The lowest BCUT2D eigenvalue weighted by Crippen LogP contribution is -2.14. The van der Waals surface area contributed by atoms with E-state index in [2.05, 4.69) is 14.7 Å². The minimum absolute atomic E-state index is 0.105. The lowest BCUT2D eigenvalue weighted by molar-refractivity contribution is 0.0595. The standard InChI is InChI=1S/C13H16N4O2/c1-8(10-6-4-5-7-15-10)17-9(2)16-11(12(17)14)13(18)19-3/h4-8H,14H2,1-3H3. The van der Waals surface area contributed by atoms with Gasteiger partial charge in [0.2, 0.25) is 0 Å². The highest BCUT2D eigenvalue weighted by Gasteiger charge is 2.23. The lowest BCUT2D eigenvalue weighted by atomic mass is 10.2. The zero-order valence-electron chi connectivity index (χ0n) is 11.1. The normalized spacial score (nSPS) is 12.2. The Labute approximate surface area is 111 Å². The van der Waals surface area contributed by atoms with Crippen LogP contribution < -0.4 is 5.73 Å². The number of methoxy groups -OCH3 is 1. The summed E-state index contributed by atoms with van der Waals surface area (Å²) in [7, 11) is 1.30. The molecule has 0 aliphatic carbocycles. The Morgan fingerprint density at radius 3 is 2.79 bits per heavy atom. The average molecular weight is 260 g/mol. The van der Waals surface area contributed by atoms with Crippen molar-refractivity contribution in [2.75, 3.05) is 12.8 Å². The van der Waals surface area contributed by atoms with Crippen molar-refractivity contribution in [3.63, 3.8) is 0 Å². The van der Waals surface area contributed by atoms with E-state index in [1.54, 1.807) is 17.7 Å². The van der Waals surface area contributed by atoms with Crippen LogP contribution in [-0.2, 0) is 4.74 Å². The first-order valence-electron chi connectivity index (χ1n) is 5.89. The minimum Gasteiger partial charge on any atom is -0.464 e. The lowest BCUT2D eigenvalue weighted by Gasteiger charge is -2.16. The number of aromatic nitrogens is 3. The number of ether oxygens (including phenoxy) is 1. The molecule has 100 valence electrons. The first kappa shape index (κ1) is 13.1. The van der Waals surface area contributed by atoms with E-state index in [1.807, 2.05) is 25.1 Å². The van der Waals surface area contributed by atoms with E-state index in [0.717, 1.165) is 5.69 Å². The van der Waals surface area contributed by atoms with E-state index < -0.39 is 5.97 Å². The van der Waals surface area contributed by atoms with Crippen molar-refractivity contribution in [1.82, 2.24) is 14.5 Å². The second kappa shape index (κ2) is 5.09. The highest BCUT2D eigenvalue weighted by Crippen LogP contribution is 2.24. The van der Waals surface area contributed by atoms with Gasteiger partial charge in [0, 0.05) is 6.20 Å². The largest absolute Gasteiger partial charge is 0.464 e. The molecule has 0 aromatic carbocycles. The number of nitrogens with zero attached hydrogens (tertiary/aromatic N) is 3. The number of carbonyl (C=O) groups is 1. The van der Waals surface area contributed by atoms with E-state index in [-0.39, 0.29) is 11.7 Å². The summed E-state index contributed by atoms with van der Waals surface area (Å²) in [6, 6.07) is 5.55. The molecular weight excluding hydrogens is 244 g/mol. The molecule has 2 aromatic heterocycles. The SMILES string of the molecule is COC(=O)c1nc(C)n(C(C)c2ccccn2)c1N. The number of carbonyl (C=O) groups excluding carboxylic acids is 1. The van der Waals surface area contributed by atoms with Gasteiger partial charge in [0.1, 0.15) is 11.6 Å². The number of hydrogen-bond acceptors (Lipinski definition) is 5. The summed E-state index contributed by atoms with van der Waals surface area (Å²) in [6.07, 6.45) is 1.72. The van der Waals surface area contributed by atoms with Crippen LogP contribution in [-0.4, -0.2) is 27.6 Å². The molecule has 2 rings (SSSR count). The summed E-state index contributed by atoms with van der Waals surface area (Å²) >= 11 is 0. The van der Waals surface area contributed by atoms with Crippen molar-refractivity contribution < 1.29 is 9.53 Å². The summed E-state index contributed by atoms with van der Waals surface area (Å²) in [5.41, 5.74) is 6.99. The van der Waals surface area contributed by atoms with Crippen LogP contribution in [0.5, 0.6) is 0 Å². The molecule has 1 atom stereocenters. The molecule has 2 aromatic rings. The zero-order valence-corrected chi connectivity index (χ0v) is 11.1. The third kappa shape index (κ3) is 2.29. The maximum Gasteiger partial charge on any atom is 0.360 e. The van der Waals surface area contributed by atoms with Gasteiger partial charge in [0.25, 0.3) is 0 Å². The Hall–Kier alpha value is -2.37. The number of hydrogen-bond donors (Lipinski definition) is 1. The molecule has 0 saturated heterocycles. The Kier molecular flexibility index (Phi) is 3.50. The molecule has 2 heterocycles. The number of pyridine rings is 1. The molecule has 19 heavy (non-hydrogen) atoms. The zero-order chi connectivity index (χ0) is 14.0. The number of esters is 1. The van der Waals surface area contributed by atoms with E-state index >= 15 is 0 Å². The predicted molar refractivity (Wildman–Crippen MR) is 70.8 cm³/mol. The summed E-state index contributed by atoms with van der Waals surface area (Å²) in [4.78, 5) is 20.0. The molecule has 0 fully saturated rings. The fraction of sp³-hybridized carbons (Fsp3) is 0.308. The number of rotatable bonds is 3. The molecule has 0 spiro atoms. The fourth-order valence-corrected chi connectivity index (χ4v) is 2.05. The van der Waals surface area contributed by atoms with Gasteiger partial charge >= 0.3 is 5.97 Å². The minimum atomic E-state index is -0.535. The van der Waals surface area contributed by atoms with Gasteiger partial charge in [0.05, 0.1) is 18.8 Å². The summed E-state index contributed by atoms with van der Waals surface area (Å²) < 4.78 is 6.43. The van der Waals surface area contributed by atoms with Gasteiger partial charge < -0.3 is 15.0 Å². The topological polar surface area (TPSA) is 83.0 Å². The van der Waals surface area contributed by atoms with Crippen molar-refractivity contribution in [2.45, 2.75) is 19.9 Å². The maximum atomic E-state index is 11.6. The number of nitrogen functional groups attached to an aromatic ring is 1. The van der Waals surface area contributed by atoms with Gasteiger partial charge in [-0.05, 0) is 26.0 Å². The first-order chi connectivity index (χ1) is 9.06. The van der Waals surface area contributed by atoms with Crippen molar-refractivity contribution in [3.05, 3.63) is 41.6 Å². The van der Waals surface area contributed by atoms with E-state index in [0.29, 0.717) is 11.6 Å². The molecule has 0 aliphatic heterocycles. The highest BCUT2D eigenvalue weighted by atomic mass is 16.5. The van der Waals surface area contributed by atoms with Crippen LogP contribution in [0.3, 0.4) is 0 Å². The molecular formula is C13H16N4O2. The molecule has 0 bridgehead atoms. The number of imidazole rings is 1. The van der Waals surface area contributed by atoms with E-state index in [9.17, 15) is 4.79 Å². The Morgan fingerprint density at radius 2 is 2.21 bits per heavy atom. The van der Waals surface area contributed by atoms with Gasteiger partial charge in [-0.1, -0.05) is 6.07 Å². The van der Waals surface area contributed by atoms with Gasteiger partial charge in [-0.2, -0.15) is 0 Å². The molecule has 0 saturated carbocycles. The summed E-state index contributed by atoms with van der Waals surface area (Å²) in [6.45, 7) is 3.75. The van der Waals surface area contributed by atoms with Crippen molar-refractivity contribution in [1.29, 1.82) is 0 Å².